The van der Waals surface area contributed by atoms with Crippen LogP contribution >= 0.6 is 11.6 Å². The van der Waals surface area contributed by atoms with E-state index < -0.39 is 4.92 Å². The molecule has 3 rings (SSSR count). The number of fused-ring (bicyclic) bond motifs is 1. The van der Waals surface area contributed by atoms with Crippen LogP contribution in [0.1, 0.15) is 12.0 Å². The lowest BCUT2D eigenvalue weighted by Gasteiger charge is -2.29. The lowest BCUT2D eigenvalue weighted by atomic mass is 10.0. The fraction of sp³-hybridized carbons (Fsp3) is 0.231. The Morgan fingerprint density at radius 1 is 1.30 bits per heavy atom. The maximum Gasteiger partial charge on any atom is 0.348 e. The van der Waals surface area contributed by atoms with Crippen LogP contribution in [0, 0.1) is 10.1 Å². The van der Waals surface area contributed by atoms with Crippen molar-refractivity contribution in [2.24, 2.45) is 0 Å². The largest absolute Gasteiger partial charge is 0.348 e. The minimum atomic E-state index is -0.533. The molecule has 1 aromatic carbocycles. The third-order valence-corrected chi connectivity index (χ3v) is 3.58. The average molecular weight is 291 g/mol. The fourth-order valence-corrected chi connectivity index (χ4v) is 2.65. The van der Waals surface area contributed by atoms with Gasteiger partial charge in [0.15, 0.2) is 0 Å². The fourth-order valence-electron chi connectivity index (χ4n) is 2.46. The number of aromatic nitrogens is 2. The Morgan fingerprint density at radius 2 is 2.10 bits per heavy atom. The summed E-state index contributed by atoms with van der Waals surface area (Å²) in [5, 5.41) is 11.1. The van der Waals surface area contributed by atoms with E-state index in [1.54, 1.807) is 0 Å². The molecule has 0 N–H and O–H groups in total. The Bertz CT molecular complexity index is 677. The van der Waals surface area contributed by atoms with Crippen LogP contribution < -0.4 is 4.90 Å². The third kappa shape index (κ3) is 2.08. The second-order valence-corrected chi connectivity index (χ2v) is 4.84. The molecule has 1 aliphatic rings. The van der Waals surface area contributed by atoms with Gasteiger partial charge in [-0.25, -0.2) is 9.97 Å². The molecule has 0 unspecified atom stereocenters. The van der Waals surface area contributed by atoms with Gasteiger partial charge in [-0.15, -0.1) is 0 Å². The van der Waals surface area contributed by atoms with Crippen molar-refractivity contribution >= 4 is 28.8 Å². The minimum absolute atomic E-state index is 0.136. The van der Waals surface area contributed by atoms with Gasteiger partial charge >= 0.3 is 5.69 Å². The number of hydrogen-bond acceptors (Lipinski definition) is 5. The van der Waals surface area contributed by atoms with Crippen LogP contribution in [0.4, 0.5) is 17.2 Å². The second kappa shape index (κ2) is 5.05. The number of halogens is 1. The molecule has 0 aliphatic carbocycles. The zero-order chi connectivity index (χ0) is 14.1. The quantitative estimate of drug-likeness (QED) is 0.483. The summed E-state index contributed by atoms with van der Waals surface area (Å²) in [6.07, 6.45) is 3.12. The highest BCUT2D eigenvalue weighted by atomic mass is 35.5. The van der Waals surface area contributed by atoms with E-state index in [9.17, 15) is 10.1 Å². The van der Waals surface area contributed by atoms with Crippen molar-refractivity contribution in [3.8, 4) is 0 Å². The number of aryl methyl sites for hydroxylation is 1. The first kappa shape index (κ1) is 12.8. The van der Waals surface area contributed by atoms with E-state index in [4.69, 9.17) is 11.6 Å². The van der Waals surface area contributed by atoms with Crippen molar-refractivity contribution in [2.45, 2.75) is 12.8 Å². The van der Waals surface area contributed by atoms with Crippen molar-refractivity contribution in [1.82, 2.24) is 9.97 Å². The molecule has 7 heteroatoms. The maximum atomic E-state index is 11.2. The molecule has 0 fully saturated rings. The summed E-state index contributed by atoms with van der Waals surface area (Å²) in [7, 11) is 0. The van der Waals surface area contributed by atoms with Gasteiger partial charge in [0.1, 0.15) is 6.33 Å². The summed E-state index contributed by atoms with van der Waals surface area (Å²) < 4.78 is 0. The molecule has 20 heavy (non-hydrogen) atoms. The van der Waals surface area contributed by atoms with Gasteiger partial charge in [0.2, 0.25) is 11.0 Å². The number of hydrogen-bond donors (Lipinski definition) is 0. The van der Waals surface area contributed by atoms with Gasteiger partial charge in [-0.3, -0.25) is 10.1 Å². The normalized spacial score (nSPS) is 13.9. The molecule has 0 saturated heterocycles. The van der Waals surface area contributed by atoms with E-state index in [0.717, 1.165) is 24.1 Å². The standard InChI is InChI=1S/C13H11ClN4O2/c14-12-11(18(19)20)13(16-8-15-12)17-7-3-5-9-4-1-2-6-10(9)17/h1-2,4,6,8H,3,5,7H2. The van der Waals surface area contributed by atoms with Crippen LogP contribution in [0.25, 0.3) is 0 Å². The van der Waals surface area contributed by atoms with Crippen LogP contribution in [0.5, 0.6) is 0 Å². The SMILES string of the molecule is O=[N+]([O-])c1c(Cl)ncnc1N1CCCc2ccccc21. The second-order valence-electron chi connectivity index (χ2n) is 4.48. The van der Waals surface area contributed by atoms with E-state index in [1.165, 1.54) is 6.33 Å². The maximum absolute atomic E-state index is 11.2. The number of benzene rings is 1. The highest BCUT2D eigenvalue weighted by Crippen LogP contribution is 2.38. The van der Waals surface area contributed by atoms with Gasteiger partial charge in [0.05, 0.1) is 4.92 Å². The molecular weight excluding hydrogens is 280 g/mol. The summed E-state index contributed by atoms with van der Waals surface area (Å²) in [6, 6.07) is 7.83. The molecular formula is C13H11ClN4O2. The zero-order valence-electron chi connectivity index (χ0n) is 10.5. The first-order valence-corrected chi connectivity index (χ1v) is 6.56. The predicted molar refractivity (Wildman–Crippen MR) is 75.5 cm³/mol. The Labute approximate surface area is 120 Å². The van der Waals surface area contributed by atoms with E-state index >= 15 is 0 Å². The number of nitrogens with zero attached hydrogens (tertiary/aromatic N) is 4. The van der Waals surface area contributed by atoms with E-state index in [-0.39, 0.29) is 16.7 Å². The molecule has 0 amide bonds. The molecule has 102 valence electrons. The summed E-state index contributed by atoms with van der Waals surface area (Å²) in [6.45, 7) is 0.672. The number of nitro groups is 1. The Morgan fingerprint density at radius 3 is 2.90 bits per heavy atom. The molecule has 2 aromatic rings. The molecule has 1 aliphatic heterocycles. The van der Waals surface area contributed by atoms with Gasteiger partial charge in [-0.05, 0) is 24.5 Å². The summed E-state index contributed by atoms with van der Waals surface area (Å²) >= 11 is 5.85. The highest BCUT2D eigenvalue weighted by Gasteiger charge is 2.29. The molecule has 1 aromatic heterocycles. The van der Waals surface area contributed by atoms with Crippen molar-refractivity contribution in [2.75, 3.05) is 11.4 Å². The van der Waals surface area contributed by atoms with Crippen LogP contribution in [0.15, 0.2) is 30.6 Å². The van der Waals surface area contributed by atoms with E-state index in [2.05, 4.69) is 9.97 Å². The Hall–Kier alpha value is -2.21. The topological polar surface area (TPSA) is 72.2 Å². The molecule has 2 heterocycles. The van der Waals surface area contributed by atoms with Gasteiger partial charge < -0.3 is 4.90 Å². The highest BCUT2D eigenvalue weighted by molar-refractivity contribution is 6.31. The zero-order valence-corrected chi connectivity index (χ0v) is 11.2. The van der Waals surface area contributed by atoms with Crippen molar-refractivity contribution in [1.29, 1.82) is 0 Å². The van der Waals surface area contributed by atoms with Gasteiger partial charge in [-0.1, -0.05) is 29.8 Å². The number of para-hydroxylation sites is 1. The lowest BCUT2D eigenvalue weighted by Crippen LogP contribution is -2.26. The van der Waals surface area contributed by atoms with E-state index in [0.29, 0.717) is 6.54 Å². The molecule has 6 nitrogen and oxygen atoms in total. The summed E-state index contributed by atoms with van der Waals surface area (Å²) in [4.78, 5) is 20.3. The van der Waals surface area contributed by atoms with Crippen LogP contribution in [0.3, 0.4) is 0 Å². The number of rotatable bonds is 2. The van der Waals surface area contributed by atoms with Gasteiger partial charge in [-0.2, -0.15) is 0 Å². The van der Waals surface area contributed by atoms with Gasteiger partial charge in [0.25, 0.3) is 0 Å². The molecule has 0 bridgehead atoms. The van der Waals surface area contributed by atoms with Crippen LogP contribution in [0.2, 0.25) is 5.15 Å². The van der Waals surface area contributed by atoms with Gasteiger partial charge in [0, 0.05) is 12.2 Å². The minimum Gasteiger partial charge on any atom is -0.320 e. The first-order valence-electron chi connectivity index (χ1n) is 6.19. The Kier molecular flexibility index (Phi) is 3.23. The van der Waals surface area contributed by atoms with Crippen molar-refractivity contribution in [3.05, 3.63) is 51.4 Å². The third-order valence-electron chi connectivity index (χ3n) is 3.31. The number of anilines is 2. The molecule has 0 saturated carbocycles. The molecule has 0 spiro atoms. The van der Waals surface area contributed by atoms with Crippen LogP contribution in [-0.4, -0.2) is 21.4 Å². The first-order chi connectivity index (χ1) is 9.68. The predicted octanol–water partition coefficient (Wildman–Crippen LogP) is 3.12. The molecule has 0 atom stereocenters. The average Bonchev–Trinajstić information content (AvgIpc) is 2.46. The van der Waals surface area contributed by atoms with E-state index in [1.807, 2.05) is 29.2 Å². The monoisotopic (exact) mass is 290 g/mol. The van der Waals surface area contributed by atoms with Crippen molar-refractivity contribution in [3.63, 3.8) is 0 Å². The summed E-state index contributed by atoms with van der Waals surface area (Å²) in [5.41, 5.74) is 1.85. The Balaban J connectivity index is 2.16. The smallest absolute Gasteiger partial charge is 0.320 e. The lowest BCUT2D eigenvalue weighted by molar-refractivity contribution is -0.384. The van der Waals surface area contributed by atoms with Crippen LogP contribution in [-0.2, 0) is 6.42 Å². The molecule has 0 radical (unpaired) electrons. The summed E-state index contributed by atoms with van der Waals surface area (Å²) in [5.74, 6) is 0.252. The van der Waals surface area contributed by atoms with Crippen molar-refractivity contribution < 1.29 is 4.92 Å².